The lowest BCUT2D eigenvalue weighted by Gasteiger charge is -2.31. The van der Waals surface area contributed by atoms with Gasteiger partial charge in [0.1, 0.15) is 0 Å². The van der Waals surface area contributed by atoms with Crippen LogP contribution in [0.25, 0.3) is 0 Å². The molecule has 0 radical (unpaired) electrons. The van der Waals surface area contributed by atoms with Crippen molar-refractivity contribution in [2.24, 2.45) is 16.6 Å². The van der Waals surface area contributed by atoms with Crippen molar-refractivity contribution in [2.75, 3.05) is 26.2 Å². The van der Waals surface area contributed by atoms with E-state index in [1.165, 1.54) is 0 Å². The van der Waals surface area contributed by atoms with Crippen LogP contribution >= 0.6 is 0 Å². The van der Waals surface area contributed by atoms with Crippen molar-refractivity contribution in [2.45, 2.75) is 39.7 Å². The van der Waals surface area contributed by atoms with Crippen molar-refractivity contribution in [1.82, 2.24) is 10.2 Å². The molecule has 0 saturated carbocycles. The molecule has 0 aliphatic heterocycles. The molecule has 1 atom stereocenters. The molecule has 20 heavy (non-hydrogen) atoms. The van der Waals surface area contributed by atoms with Crippen LogP contribution in [-0.4, -0.2) is 43.1 Å². The molecule has 1 unspecified atom stereocenters. The van der Waals surface area contributed by atoms with Gasteiger partial charge in [-0.1, -0.05) is 39.3 Å². The molecule has 3 N–H and O–H groups in total. The summed E-state index contributed by atoms with van der Waals surface area (Å²) in [6.07, 6.45) is 6.11. The quantitative estimate of drug-likeness (QED) is 0.264. The van der Waals surface area contributed by atoms with Crippen molar-refractivity contribution in [3.05, 3.63) is 25.3 Å². The molecule has 0 bridgehead atoms. The molecule has 116 valence electrons. The predicted octanol–water partition coefficient (Wildman–Crippen LogP) is 2.39. The van der Waals surface area contributed by atoms with Gasteiger partial charge in [-0.25, -0.2) is 0 Å². The fraction of sp³-hybridized carbons (Fsp3) is 0.688. The lowest BCUT2D eigenvalue weighted by Crippen LogP contribution is -2.42. The molecule has 0 fully saturated rings. The van der Waals surface area contributed by atoms with E-state index in [0.717, 1.165) is 32.5 Å². The lowest BCUT2D eigenvalue weighted by atomic mass is 10.0. The summed E-state index contributed by atoms with van der Waals surface area (Å²) in [5, 5.41) is 3.15. The van der Waals surface area contributed by atoms with Crippen LogP contribution < -0.4 is 11.1 Å². The first-order valence-corrected chi connectivity index (χ1v) is 7.56. The van der Waals surface area contributed by atoms with Crippen LogP contribution in [0.5, 0.6) is 0 Å². The highest BCUT2D eigenvalue weighted by molar-refractivity contribution is 5.77. The van der Waals surface area contributed by atoms with Gasteiger partial charge in [0, 0.05) is 25.7 Å². The molecular weight excluding hydrogens is 248 g/mol. The minimum Gasteiger partial charge on any atom is -0.370 e. The molecule has 0 heterocycles. The molecule has 0 spiro atoms. The van der Waals surface area contributed by atoms with Crippen LogP contribution in [0.2, 0.25) is 0 Å². The molecule has 0 aliphatic carbocycles. The smallest absolute Gasteiger partial charge is 0.188 e. The van der Waals surface area contributed by atoms with Gasteiger partial charge in [0.05, 0.1) is 6.54 Å². The van der Waals surface area contributed by atoms with Crippen LogP contribution in [0, 0.1) is 5.92 Å². The largest absolute Gasteiger partial charge is 0.370 e. The van der Waals surface area contributed by atoms with Gasteiger partial charge in [-0.15, -0.1) is 13.2 Å². The normalized spacial score (nSPS) is 13.6. The molecule has 0 aromatic heterocycles. The fourth-order valence-electron chi connectivity index (χ4n) is 2.07. The zero-order chi connectivity index (χ0) is 15.4. The van der Waals surface area contributed by atoms with E-state index in [9.17, 15) is 0 Å². The second-order valence-electron chi connectivity index (χ2n) is 5.35. The standard InChI is InChI=1S/C16H32N4/c1-6-9-10-18-16(17)19-13-15(14(4)5)20(11-7-2)12-8-3/h7-8,14-15H,2-3,6,9-13H2,1,4-5H3,(H3,17,18,19). The Kier molecular flexibility index (Phi) is 10.8. The monoisotopic (exact) mass is 280 g/mol. The van der Waals surface area contributed by atoms with Crippen molar-refractivity contribution < 1.29 is 0 Å². The SMILES string of the molecule is C=CCN(CC=C)C(CN=C(N)NCCCC)C(C)C. The van der Waals surface area contributed by atoms with E-state index in [0.29, 0.717) is 24.5 Å². The fourth-order valence-corrected chi connectivity index (χ4v) is 2.07. The minimum absolute atomic E-state index is 0.345. The Balaban J connectivity index is 4.54. The van der Waals surface area contributed by atoms with E-state index in [1.54, 1.807) is 0 Å². The molecule has 0 saturated heterocycles. The van der Waals surface area contributed by atoms with Crippen LogP contribution in [0.15, 0.2) is 30.3 Å². The number of hydrogen-bond donors (Lipinski definition) is 2. The van der Waals surface area contributed by atoms with E-state index in [-0.39, 0.29) is 0 Å². The van der Waals surface area contributed by atoms with Gasteiger partial charge in [0.25, 0.3) is 0 Å². The summed E-state index contributed by atoms with van der Waals surface area (Å²) < 4.78 is 0. The highest BCUT2D eigenvalue weighted by atomic mass is 15.2. The molecule has 0 aromatic carbocycles. The molecule has 0 amide bonds. The Morgan fingerprint density at radius 1 is 1.30 bits per heavy atom. The van der Waals surface area contributed by atoms with Crippen molar-refractivity contribution in [3.63, 3.8) is 0 Å². The van der Waals surface area contributed by atoms with Crippen LogP contribution in [0.4, 0.5) is 0 Å². The first-order valence-electron chi connectivity index (χ1n) is 7.56. The highest BCUT2D eigenvalue weighted by Crippen LogP contribution is 2.11. The van der Waals surface area contributed by atoms with E-state index < -0.39 is 0 Å². The topological polar surface area (TPSA) is 53.6 Å². The summed E-state index contributed by atoms with van der Waals surface area (Å²) in [6.45, 7) is 17.5. The van der Waals surface area contributed by atoms with E-state index >= 15 is 0 Å². The summed E-state index contributed by atoms with van der Waals surface area (Å²) >= 11 is 0. The Hall–Kier alpha value is -1.29. The number of unbranched alkanes of at least 4 members (excludes halogenated alkanes) is 1. The lowest BCUT2D eigenvalue weighted by molar-refractivity contribution is 0.195. The molecule has 0 aromatic rings. The first kappa shape index (κ1) is 18.7. The number of nitrogens with zero attached hydrogens (tertiary/aromatic N) is 2. The van der Waals surface area contributed by atoms with E-state index in [2.05, 4.69) is 49.1 Å². The van der Waals surface area contributed by atoms with Crippen LogP contribution in [0.3, 0.4) is 0 Å². The van der Waals surface area contributed by atoms with Gasteiger partial charge >= 0.3 is 0 Å². The molecule has 4 nitrogen and oxygen atoms in total. The molecule has 4 heteroatoms. The third-order valence-electron chi connectivity index (χ3n) is 3.25. The zero-order valence-electron chi connectivity index (χ0n) is 13.4. The summed E-state index contributed by atoms with van der Waals surface area (Å²) in [6, 6.07) is 0.345. The summed E-state index contributed by atoms with van der Waals surface area (Å²) in [5.41, 5.74) is 5.89. The average molecular weight is 280 g/mol. The van der Waals surface area contributed by atoms with E-state index in [4.69, 9.17) is 5.73 Å². The maximum Gasteiger partial charge on any atom is 0.188 e. The van der Waals surface area contributed by atoms with Gasteiger partial charge < -0.3 is 11.1 Å². The second kappa shape index (κ2) is 11.5. The summed E-state index contributed by atoms with van der Waals surface area (Å²) in [5.74, 6) is 1.04. The van der Waals surface area contributed by atoms with Crippen molar-refractivity contribution in [1.29, 1.82) is 0 Å². The van der Waals surface area contributed by atoms with Crippen molar-refractivity contribution >= 4 is 5.96 Å². The third-order valence-corrected chi connectivity index (χ3v) is 3.25. The second-order valence-corrected chi connectivity index (χ2v) is 5.35. The third kappa shape index (κ3) is 8.00. The summed E-state index contributed by atoms with van der Waals surface area (Å²) in [4.78, 5) is 6.80. The average Bonchev–Trinajstić information content (AvgIpc) is 2.39. The maximum absolute atomic E-state index is 5.89. The molecule has 0 aliphatic rings. The minimum atomic E-state index is 0.345. The van der Waals surface area contributed by atoms with Gasteiger partial charge in [-0.2, -0.15) is 0 Å². The highest BCUT2D eigenvalue weighted by Gasteiger charge is 2.19. The number of rotatable bonds is 11. The van der Waals surface area contributed by atoms with Crippen molar-refractivity contribution in [3.8, 4) is 0 Å². The molecule has 0 rings (SSSR count). The number of nitrogens with two attached hydrogens (primary N) is 1. The first-order chi connectivity index (χ1) is 9.56. The van der Waals surface area contributed by atoms with Gasteiger partial charge in [0.15, 0.2) is 5.96 Å². The van der Waals surface area contributed by atoms with Crippen LogP contribution in [-0.2, 0) is 0 Å². The molecular formula is C16H32N4. The predicted molar refractivity (Wildman–Crippen MR) is 90.0 cm³/mol. The maximum atomic E-state index is 5.89. The van der Waals surface area contributed by atoms with Gasteiger partial charge in [-0.05, 0) is 12.3 Å². The number of nitrogens with one attached hydrogen (secondary N) is 1. The number of aliphatic imine (C=N–C) groups is 1. The summed E-state index contributed by atoms with van der Waals surface area (Å²) in [7, 11) is 0. The Morgan fingerprint density at radius 3 is 2.35 bits per heavy atom. The Labute approximate surface area is 124 Å². The van der Waals surface area contributed by atoms with Gasteiger partial charge in [-0.3, -0.25) is 9.89 Å². The van der Waals surface area contributed by atoms with Crippen LogP contribution in [0.1, 0.15) is 33.6 Å². The number of hydrogen-bond acceptors (Lipinski definition) is 2. The zero-order valence-corrected chi connectivity index (χ0v) is 13.4. The van der Waals surface area contributed by atoms with E-state index in [1.807, 2.05) is 12.2 Å². The Morgan fingerprint density at radius 2 is 1.90 bits per heavy atom. The Bertz CT molecular complexity index is 287. The van der Waals surface area contributed by atoms with Gasteiger partial charge in [0.2, 0.25) is 0 Å². The number of guanidine groups is 1.